The van der Waals surface area contributed by atoms with Crippen molar-refractivity contribution >= 4 is 32.8 Å². The zero-order valence-electron chi connectivity index (χ0n) is 16.5. The Bertz CT molecular complexity index is 1170. The fourth-order valence-corrected chi connectivity index (χ4v) is 5.28. The maximum atomic E-state index is 12.9. The van der Waals surface area contributed by atoms with E-state index in [1.807, 2.05) is 18.2 Å². The molecule has 0 amide bonds. The zero-order valence-corrected chi connectivity index (χ0v) is 17.3. The van der Waals surface area contributed by atoms with Gasteiger partial charge in [-0.2, -0.15) is 9.29 Å². The number of hydrogen-bond acceptors (Lipinski definition) is 7. The van der Waals surface area contributed by atoms with E-state index in [0.29, 0.717) is 48.9 Å². The average molecular weight is 429 g/mol. The molecule has 0 atom stereocenters. The van der Waals surface area contributed by atoms with Crippen LogP contribution in [0.3, 0.4) is 0 Å². The highest BCUT2D eigenvalue weighted by atomic mass is 32.2. The first-order valence-corrected chi connectivity index (χ1v) is 11.6. The molecule has 0 unspecified atom stereocenters. The summed E-state index contributed by atoms with van der Waals surface area (Å²) in [6, 6.07) is 10.6. The Labute approximate surface area is 174 Å². The third kappa shape index (κ3) is 3.70. The van der Waals surface area contributed by atoms with Crippen LogP contribution in [0.1, 0.15) is 25.7 Å². The van der Waals surface area contributed by atoms with Crippen LogP contribution in [0.4, 0.5) is 11.7 Å². The number of benzene rings is 2. The maximum Gasteiger partial charge on any atom is 0.300 e. The Kier molecular flexibility index (Phi) is 5.00. The van der Waals surface area contributed by atoms with Crippen molar-refractivity contribution in [2.75, 3.05) is 31.6 Å². The number of nitrogens with zero attached hydrogens (tertiary/aromatic N) is 2. The van der Waals surface area contributed by atoms with Gasteiger partial charge < -0.3 is 19.2 Å². The second-order valence-corrected chi connectivity index (χ2v) is 9.39. The molecule has 0 aliphatic carbocycles. The number of ether oxygens (including phenoxy) is 2. The van der Waals surface area contributed by atoms with Crippen LogP contribution in [0, 0.1) is 0 Å². The maximum absolute atomic E-state index is 12.9. The Hall–Kier alpha value is -2.78. The molecule has 2 aliphatic rings. The van der Waals surface area contributed by atoms with E-state index in [0.717, 1.165) is 31.4 Å². The molecular weight excluding hydrogens is 406 g/mol. The number of rotatable bonds is 4. The summed E-state index contributed by atoms with van der Waals surface area (Å²) in [5, 5.41) is 3.11. The van der Waals surface area contributed by atoms with E-state index in [4.69, 9.17) is 13.9 Å². The Morgan fingerprint density at radius 2 is 1.70 bits per heavy atom. The summed E-state index contributed by atoms with van der Waals surface area (Å²) in [5.41, 5.74) is 1.75. The molecule has 1 fully saturated rings. The van der Waals surface area contributed by atoms with Crippen molar-refractivity contribution < 1.29 is 22.3 Å². The molecule has 3 heterocycles. The number of anilines is 2. The first-order chi connectivity index (χ1) is 14.6. The highest BCUT2D eigenvalue weighted by molar-refractivity contribution is 7.89. The molecule has 2 aliphatic heterocycles. The van der Waals surface area contributed by atoms with Gasteiger partial charge in [0.15, 0.2) is 17.1 Å². The van der Waals surface area contributed by atoms with Gasteiger partial charge in [-0.25, -0.2) is 8.42 Å². The largest absolute Gasteiger partial charge is 0.490 e. The van der Waals surface area contributed by atoms with E-state index in [9.17, 15) is 8.42 Å². The van der Waals surface area contributed by atoms with Crippen molar-refractivity contribution in [1.82, 2.24) is 9.29 Å². The summed E-state index contributed by atoms with van der Waals surface area (Å²) >= 11 is 0. The van der Waals surface area contributed by atoms with Gasteiger partial charge in [0.25, 0.3) is 6.01 Å². The van der Waals surface area contributed by atoms with E-state index in [1.54, 1.807) is 22.5 Å². The summed E-state index contributed by atoms with van der Waals surface area (Å²) in [7, 11) is -3.52. The van der Waals surface area contributed by atoms with Gasteiger partial charge in [-0.3, -0.25) is 0 Å². The summed E-state index contributed by atoms with van der Waals surface area (Å²) in [6.07, 6.45) is 3.71. The molecule has 9 heteroatoms. The van der Waals surface area contributed by atoms with Gasteiger partial charge in [0, 0.05) is 31.3 Å². The summed E-state index contributed by atoms with van der Waals surface area (Å²) < 4.78 is 44.5. The molecule has 1 aromatic heterocycles. The topological polar surface area (TPSA) is 93.9 Å². The molecule has 1 N–H and O–H groups in total. The Morgan fingerprint density at radius 3 is 2.53 bits per heavy atom. The normalized spacial score (nSPS) is 17.6. The number of oxazole rings is 1. The quantitative estimate of drug-likeness (QED) is 0.672. The molecule has 30 heavy (non-hydrogen) atoms. The fourth-order valence-electron chi connectivity index (χ4n) is 3.74. The van der Waals surface area contributed by atoms with E-state index in [2.05, 4.69) is 10.3 Å². The second kappa shape index (κ2) is 7.81. The molecule has 158 valence electrons. The minimum Gasteiger partial charge on any atom is -0.490 e. The number of piperidine rings is 1. The highest BCUT2D eigenvalue weighted by Gasteiger charge is 2.26. The van der Waals surface area contributed by atoms with Crippen LogP contribution in [0.25, 0.3) is 11.1 Å². The smallest absolute Gasteiger partial charge is 0.300 e. The molecule has 5 rings (SSSR count). The minimum atomic E-state index is -3.52. The van der Waals surface area contributed by atoms with E-state index in [1.165, 1.54) is 0 Å². The summed E-state index contributed by atoms with van der Waals surface area (Å²) in [4.78, 5) is 4.67. The highest BCUT2D eigenvalue weighted by Crippen LogP contribution is 2.34. The number of sulfonamides is 1. The van der Waals surface area contributed by atoms with Gasteiger partial charge in [0.1, 0.15) is 5.52 Å². The Morgan fingerprint density at radius 1 is 0.900 bits per heavy atom. The molecule has 0 saturated carbocycles. The first kappa shape index (κ1) is 19.2. The Balaban J connectivity index is 1.40. The summed E-state index contributed by atoms with van der Waals surface area (Å²) in [6.45, 7) is 2.37. The van der Waals surface area contributed by atoms with Crippen molar-refractivity contribution in [2.24, 2.45) is 0 Å². The predicted molar refractivity (Wildman–Crippen MR) is 112 cm³/mol. The van der Waals surface area contributed by atoms with Crippen LogP contribution in [0.15, 0.2) is 45.7 Å². The lowest BCUT2D eigenvalue weighted by atomic mass is 10.2. The van der Waals surface area contributed by atoms with E-state index in [-0.39, 0.29) is 10.9 Å². The van der Waals surface area contributed by atoms with Crippen LogP contribution in [0.2, 0.25) is 0 Å². The monoisotopic (exact) mass is 429 g/mol. The van der Waals surface area contributed by atoms with Gasteiger partial charge in [-0.05, 0) is 43.2 Å². The van der Waals surface area contributed by atoms with Crippen molar-refractivity contribution in [2.45, 2.75) is 30.6 Å². The lowest BCUT2D eigenvalue weighted by Gasteiger charge is -2.25. The number of hydrogen-bond donors (Lipinski definition) is 1. The van der Waals surface area contributed by atoms with Crippen molar-refractivity contribution in [3.8, 4) is 11.5 Å². The molecular formula is C21H23N3O5S. The number of aromatic nitrogens is 1. The third-order valence-electron chi connectivity index (χ3n) is 5.31. The molecule has 3 aromatic rings. The van der Waals surface area contributed by atoms with Gasteiger partial charge in [0.05, 0.1) is 18.1 Å². The first-order valence-electron chi connectivity index (χ1n) is 10.2. The zero-order chi connectivity index (χ0) is 20.6. The molecule has 0 radical (unpaired) electrons. The number of fused-ring (bicyclic) bond motifs is 2. The van der Waals surface area contributed by atoms with Crippen LogP contribution < -0.4 is 14.8 Å². The van der Waals surface area contributed by atoms with Crippen LogP contribution in [-0.2, 0) is 10.0 Å². The van der Waals surface area contributed by atoms with Crippen molar-refractivity contribution in [1.29, 1.82) is 0 Å². The SMILES string of the molecule is O=S(=O)(c1ccc2oc(Nc3ccc4c(c3)OCCCO4)nc2c1)N1CCCCC1. The van der Waals surface area contributed by atoms with Gasteiger partial charge in [-0.1, -0.05) is 6.42 Å². The molecule has 8 nitrogen and oxygen atoms in total. The predicted octanol–water partition coefficient (Wildman–Crippen LogP) is 3.91. The molecule has 2 aromatic carbocycles. The second-order valence-electron chi connectivity index (χ2n) is 7.45. The summed E-state index contributed by atoms with van der Waals surface area (Å²) in [5.74, 6) is 1.38. The van der Waals surface area contributed by atoms with Crippen molar-refractivity contribution in [3.63, 3.8) is 0 Å². The van der Waals surface area contributed by atoms with Gasteiger partial charge >= 0.3 is 0 Å². The van der Waals surface area contributed by atoms with Crippen molar-refractivity contribution in [3.05, 3.63) is 36.4 Å². The lowest BCUT2D eigenvalue weighted by Crippen LogP contribution is -2.35. The van der Waals surface area contributed by atoms with E-state index < -0.39 is 10.0 Å². The molecule has 1 saturated heterocycles. The fraction of sp³-hybridized carbons (Fsp3) is 0.381. The van der Waals surface area contributed by atoms with Gasteiger partial charge in [-0.15, -0.1) is 0 Å². The molecule has 0 bridgehead atoms. The van der Waals surface area contributed by atoms with Crippen LogP contribution >= 0.6 is 0 Å². The average Bonchev–Trinajstić information content (AvgIpc) is 3.01. The van der Waals surface area contributed by atoms with E-state index >= 15 is 0 Å². The van der Waals surface area contributed by atoms with Gasteiger partial charge in [0.2, 0.25) is 10.0 Å². The minimum absolute atomic E-state index is 0.243. The number of nitrogens with one attached hydrogen (secondary N) is 1. The van der Waals surface area contributed by atoms with Crippen LogP contribution in [-0.4, -0.2) is 44.0 Å². The van der Waals surface area contributed by atoms with Crippen LogP contribution in [0.5, 0.6) is 11.5 Å². The lowest BCUT2D eigenvalue weighted by molar-refractivity contribution is 0.297. The molecule has 0 spiro atoms. The third-order valence-corrected chi connectivity index (χ3v) is 7.21. The standard InChI is InChI=1S/C21H23N3O5S/c25-30(26,24-9-2-1-3-10-24)16-6-8-18-17(14-16)23-21(29-18)22-15-5-7-19-20(13-15)28-12-4-11-27-19/h5-8,13-14H,1-4,9-12H2,(H,22,23).